The molecule has 0 aliphatic heterocycles. The van der Waals surface area contributed by atoms with Gasteiger partial charge in [-0.25, -0.2) is 4.98 Å². The lowest BCUT2D eigenvalue weighted by Gasteiger charge is -2.17. The number of aromatic nitrogens is 3. The van der Waals surface area contributed by atoms with Crippen LogP contribution < -0.4 is 15.6 Å². The fourth-order valence-electron chi connectivity index (χ4n) is 3.25. The monoisotopic (exact) mass is 397 g/mol. The van der Waals surface area contributed by atoms with Crippen LogP contribution in [0.5, 0.6) is 5.75 Å². The van der Waals surface area contributed by atoms with Gasteiger partial charge >= 0.3 is 0 Å². The van der Waals surface area contributed by atoms with Gasteiger partial charge in [0.1, 0.15) is 17.3 Å². The average Bonchev–Trinajstić information content (AvgIpc) is 3.11. The number of aryl methyl sites for hydroxylation is 1. The van der Waals surface area contributed by atoms with Crippen LogP contribution in [0.25, 0.3) is 22.3 Å². The van der Waals surface area contributed by atoms with Crippen LogP contribution in [0.4, 0.5) is 0 Å². The van der Waals surface area contributed by atoms with E-state index in [0.717, 1.165) is 25.0 Å². The zero-order valence-electron chi connectivity index (χ0n) is 17.3. The van der Waals surface area contributed by atoms with Gasteiger partial charge in [0.2, 0.25) is 0 Å². The molecule has 0 fully saturated rings. The highest BCUT2D eigenvalue weighted by molar-refractivity contribution is 5.94. The van der Waals surface area contributed by atoms with Crippen molar-refractivity contribution in [2.75, 3.05) is 33.3 Å². The molecule has 0 saturated heterocycles. The molecule has 8 heteroatoms. The Morgan fingerprint density at radius 1 is 1.21 bits per heavy atom. The summed E-state index contributed by atoms with van der Waals surface area (Å²) in [5.74, 6) is 0.804. The van der Waals surface area contributed by atoms with Gasteiger partial charge in [-0.05, 0) is 44.3 Å². The largest absolute Gasteiger partial charge is 0.497 e. The van der Waals surface area contributed by atoms with Crippen LogP contribution in [0, 0.1) is 6.92 Å². The van der Waals surface area contributed by atoms with Crippen molar-refractivity contribution in [2.24, 2.45) is 0 Å². The molecule has 154 valence electrons. The van der Waals surface area contributed by atoms with Gasteiger partial charge in [-0.2, -0.15) is 0 Å². The molecule has 0 unspecified atom stereocenters. The number of fused-ring (bicyclic) bond motifs is 1. The second-order valence-corrected chi connectivity index (χ2v) is 6.81. The quantitative estimate of drug-likeness (QED) is 0.541. The third-order valence-corrected chi connectivity index (χ3v) is 5.01. The number of carbonyl (C=O) groups excluding carboxylic acids is 1. The summed E-state index contributed by atoms with van der Waals surface area (Å²) in [4.78, 5) is 37.6. The molecule has 0 atom stereocenters. The summed E-state index contributed by atoms with van der Waals surface area (Å²) in [5, 5.41) is 3.72. The van der Waals surface area contributed by atoms with E-state index in [0.29, 0.717) is 40.6 Å². The van der Waals surface area contributed by atoms with Crippen molar-refractivity contribution in [3.63, 3.8) is 0 Å². The molecule has 0 saturated carbocycles. The van der Waals surface area contributed by atoms with Crippen LogP contribution in [0.2, 0.25) is 0 Å². The number of carbonyl (C=O) groups is 1. The maximum Gasteiger partial charge on any atom is 0.271 e. The van der Waals surface area contributed by atoms with Crippen LogP contribution in [0.15, 0.2) is 29.1 Å². The number of aromatic amines is 2. The Hall–Kier alpha value is -3.13. The zero-order valence-corrected chi connectivity index (χ0v) is 17.3. The fraction of sp³-hybridized carbons (Fsp3) is 0.381. The Morgan fingerprint density at radius 2 is 1.97 bits per heavy atom. The summed E-state index contributed by atoms with van der Waals surface area (Å²) >= 11 is 0. The second kappa shape index (κ2) is 8.91. The number of imidazole rings is 1. The normalized spacial score (nSPS) is 11.2. The van der Waals surface area contributed by atoms with Crippen molar-refractivity contribution in [1.82, 2.24) is 25.2 Å². The molecule has 2 aromatic heterocycles. The number of ether oxygens (including phenoxy) is 1. The molecule has 2 heterocycles. The molecule has 0 radical (unpaired) electrons. The van der Waals surface area contributed by atoms with Crippen molar-refractivity contribution in [1.29, 1.82) is 0 Å². The van der Waals surface area contributed by atoms with Gasteiger partial charge in [-0.1, -0.05) is 13.8 Å². The average molecular weight is 397 g/mol. The molecule has 0 aliphatic rings. The third kappa shape index (κ3) is 4.48. The molecular formula is C21H27N5O3. The number of pyridine rings is 1. The number of likely N-dealkylation sites (N-methyl/N-ethyl adjacent to an activating group) is 1. The van der Waals surface area contributed by atoms with E-state index in [1.165, 1.54) is 0 Å². The molecule has 0 aliphatic carbocycles. The maximum atomic E-state index is 12.5. The van der Waals surface area contributed by atoms with Crippen LogP contribution in [0.1, 0.15) is 30.0 Å². The minimum atomic E-state index is -0.273. The smallest absolute Gasteiger partial charge is 0.271 e. The minimum absolute atomic E-state index is 0.254. The van der Waals surface area contributed by atoms with Gasteiger partial charge in [0, 0.05) is 29.7 Å². The molecule has 0 spiro atoms. The summed E-state index contributed by atoms with van der Waals surface area (Å²) in [6.45, 7) is 9.15. The summed E-state index contributed by atoms with van der Waals surface area (Å²) in [5.41, 5.74) is 1.72. The summed E-state index contributed by atoms with van der Waals surface area (Å²) in [6, 6.07) is 7.17. The maximum absolute atomic E-state index is 12.5. The van der Waals surface area contributed by atoms with Crippen LogP contribution >= 0.6 is 0 Å². The standard InChI is InChI=1S/C21H27N5O3/c1-5-26(6-2)10-9-22-21(28)18-13(3)23-19(25-18)16-12-14-11-15(29-4)7-8-17(14)24-20(16)27/h7-8,11-12H,5-6,9-10H2,1-4H3,(H,22,28)(H,23,25)(H,24,27). The van der Waals surface area contributed by atoms with Crippen molar-refractivity contribution in [3.8, 4) is 17.1 Å². The Kier molecular flexibility index (Phi) is 6.33. The van der Waals surface area contributed by atoms with Gasteiger partial charge in [-0.15, -0.1) is 0 Å². The van der Waals surface area contributed by atoms with Crippen LogP contribution in [-0.2, 0) is 0 Å². The van der Waals surface area contributed by atoms with Gasteiger partial charge in [0.05, 0.1) is 12.7 Å². The van der Waals surface area contributed by atoms with E-state index >= 15 is 0 Å². The van der Waals surface area contributed by atoms with E-state index in [2.05, 4.69) is 39.0 Å². The third-order valence-electron chi connectivity index (χ3n) is 5.01. The Balaban J connectivity index is 1.85. The molecular weight excluding hydrogens is 370 g/mol. The van der Waals surface area contributed by atoms with E-state index in [-0.39, 0.29) is 11.5 Å². The van der Waals surface area contributed by atoms with Crippen LogP contribution in [0.3, 0.4) is 0 Å². The van der Waals surface area contributed by atoms with Crippen LogP contribution in [-0.4, -0.2) is 59.0 Å². The van der Waals surface area contributed by atoms with E-state index in [1.807, 2.05) is 6.07 Å². The molecule has 3 N–H and O–H groups in total. The van der Waals surface area contributed by atoms with Crippen molar-refractivity contribution < 1.29 is 9.53 Å². The van der Waals surface area contributed by atoms with E-state index < -0.39 is 0 Å². The lowest BCUT2D eigenvalue weighted by atomic mass is 10.1. The van der Waals surface area contributed by atoms with Gasteiger partial charge in [0.25, 0.3) is 11.5 Å². The SMILES string of the molecule is CCN(CC)CCNC(=O)c1nc(-c2cc3cc(OC)ccc3[nH]c2=O)[nH]c1C. The number of nitrogens with one attached hydrogen (secondary N) is 3. The number of hydrogen-bond donors (Lipinski definition) is 3. The number of hydrogen-bond acceptors (Lipinski definition) is 5. The molecule has 3 aromatic rings. The highest BCUT2D eigenvalue weighted by Gasteiger charge is 2.18. The van der Waals surface area contributed by atoms with E-state index in [9.17, 15) is 9.59 Å². The number of amides is 1. The van der Waals surface area contributed by atoms with Gasteiger partial charge in [0.15, 0.2) is 0 Å². The molecule has 0 bridgehead atoms. The zero-order chi connectivity index (χ0) is 21.0. The Morgan fingerprint density at radius 3 is 2.66 bits per heavy atom. The Bertz CT molecular complexity index is 1070. The van der Waals surface area contributed by atoms with E-state index in [4.69, 9.17) is 4.74 Å². The molecule has 8 nitrogen and oxygen atoms in total. The summed E-state index contributed by atoms with van der Waals surface area (Å²) < 4.78 is 5.25. The van der Waals surface area contributed by atoms with Crippen molar-refractivity contribution in [2.45, 2.75) is 20.8 Å². The first-order valence-corrected chi connectivity index (χ1v) is 9.75. The minimum Gasteiger partial charge on any atom is -0.497 e. The summed E-state index contributed by atoms with van der Waals surface area (Å²) in [7, 11) is 1.59. The first-order chi connectivity index (χ1) is 14.0. The highest BCUT2D eigenvalue weighted by atomic mass is 16.5. The lowest BCUT2D eigenvalue weighted by Crippen LogP contribution is -2.35. The highest BCUT2D eigenvalue weighted by Crippen LogP contribution is 2.22. The Labute approximate surface area is 169 Å². The first-order valence-electron chi connectivity index (χ1n) is 9.75. The number of nitrogens with zero attached hydrogens (tertiary/aromatic N) is 2. The van der Waals surface area contributed by atoms with E-state index in [1.54, 1.807) is 32.2 Å². The fourth-order valence-corrected chi connectivity index (χ4v) is 3.25. The number of methoxy groups -OCH3 is 1. The topological polar surface area (TPSA) is 103 Å². The van der Waals surface area contributed by atoms with Crippen molar-refractivity contribution in [3.05, 3.63) is 46.0 Å². The number of rotatable bonds is 8. The predicted octanol–water partition coefficient (Wildman–Crippen LogP) is 2.31. The summed E-state index contributed by atoms with van der Waals surface area (Å²) in [6.07, 6.45) is 0. The first kappa shape index (κ1) is 20.6. The van der Waals surface area contributed by atoms with Crippen molar-refractivity contribution >= 4 is 16.8 Å². The molecule has 29 heavy (non-hydrogen) atoms. The number of H-pyrrole nitrogens is 2. The molecule has 1 amide bonds. The van der Waals surface area contributed by atoms with Gasteiger partial charge < -0.3 is 24.9 Å². The predicted molar refractivity (Wildman–Crippen MR) is 114 cm³/mol. The molecule has 3 rings (SSSR count). The number of benzene rings is 1. The second-order valence-electron chi connectivity index (χ2n) is 6.81. The molecule has 1 aromatic carbocycles. The van der Waals surface area contributed by atoms with Gasteiger partial charge in [-0.3, -0.25) is 9.59 Å². The lowest BCUT2D eigenvalue weighted by molar-refractivity contribution is 0.0944.